The van der Waals surface area contributed by atoms with E-state index in [0.717, 1.165) is 32.4 Å². The Morgan fingerprint density at radius 1 is 0.750 bits per heavy atom. The normalized spacial score (nSPS) is 11.5. The second-order valence-electron chi connectivity index (χ2n) is 7.95. The lowest BCUT2D eigenvalue weighted by Crippen LogP contribution is -1.90. The van der Waals surface area contributed by atoms with E-state index in [1.807, 2.05) is 66.9 Å². The minimum atomic E-state index is 0.101. The maximum absolute atomic E-state index is 10.4. The number of aromatic nitrogens is 2. The Kier molecular flexibility index (Phi) is 7.21. The highest BCUT2D eigenvalue weighted by Crippen LogP contribution is 2.31. The molecular weight excluding hydrogens is 580 g/mol. The number of halogens is 2. The first-order chi connectivity index (χ1) is 17.6. The highest BCUT2D eigenvalue weighted by molar-refractivity contribution is 9.11. The Bertz CT molecular complexity index is 1540. The van der Waals surface area contributed by atoms with Crippen LogP contribution < -0.4 is 0 Å². The van der Waals surface area contributed by atoms with E-state index >= 15 is 0 Å². The molecule has 5 nitrogen and oxygen atoms in total. The Morgan fingerprint density at radius 2 is 1.39 bits per heavy atom. The molecule has 0 saturated carbocycles. The molecule has 36 heavy (non-hydrogen) atoms. The largest absolute Gasteiger partial charge is 0.506 e. The van der Waals surface area contributed by atoms with Gasteiger partial charge >= 0.3 is 0 Å². The Morgan fingerprint density at radius 3 is 2.11 bits per heavy atom. The van der Waals surface area contributed by atoms with Crippen LogP contribution in [0.25, 0.3) is 22.4 Å². The van der Waals surface area contributed by atoms with Crippen LogP contribution in [0.2, 0.25) is 0 Å². The zero-order chi connectivity index (χ0) is 24.9. The van der Waals surface area contributed by atoms with Gasteiger partial charge in [-0.1, -0.05) is 101 Å². The maximum atomic E-state index is 10.4. The summed E-state index contributed by atoms with van der Waals surface area (Å²) in [5.41, 5.74) is 5.50. The van der Waals surface area contributed by atoms with Crippen LogP contribution in [0.4, 0.5) is 5.95 Å². The minimum absolute atomic E-state index is 0.101. The van der Waals surface area contributed by atoms with Crippen molar-refractivity contribution < 1.29 is 5.11 Å². The van der Waals surface area contributed by atoms with Gasteiger partial charge in [0.1, 0.15) is 5.75 Å². The zero-order valence-electron chi connectivity index (χ0n) is 19.0. The standard InChI is InChI=1S/C29H20Br2N4O/c30-25-15-24(28(36)26(31)16-25)18-32-29-34-27(19-35(29)33-17-20-7-3-1-4-8-20)23-13-11-22(12-14-23)21-9-5-2-6-10-21/h1-19,36H/b32-18+,33-17+. The molecule has 0 spiro atoms. The van der Waals surface area contributed by atoms with E-state index in [1.54, 1.807) is 29.2 Å². The van der Waals surface area contributed by atoms with Gasteiger partial charge in [-0.15, -0.1) is 0 Å². The van der Waals surface area contributed by atoms with Crippen LogP contribution in [-0.2, 0) is 0 Å². The molecule has 176 valence electrons. The van der Waals surface area contributed by atoms with Crippen LogP contribution >= 0.6 is 31.9 Å². The van der Waals surface area contributed by atoms with Crippen molar-refractivity contribution in [2.75, 3.05) is 0 Å². The van der Waals surface area contributed by atoms with Gasteiger partial charge in [0.15, 0.2) is 0 Å². The third-order valence-electron chi connectivity index (χ3n) is 5.47. The topological polar surface area (TPSA) is 62.8 Å². The van der Waals surface area contributed by atoms with Gasteiger partial charge < -0.3 is 5.11 Å². The van der Waals surface area contributed by atoms with Crippen molar-refractivity contribution in [1.29, 1.82) is 0 Å². The lowest BCUT2D eigenvalue weighted by molar-refractivity contribution is 0.471. The van der Waals surface area contributed by atoms with Crippen LogP contribution in [0.1, 0.15) is 11.1 Å². The number of imidazole rings is 1. The predicted octanol–water partition coefficient (Wildman–Crippen LogP) is 8.08. The molecular formula is C29H20Br2N4O. The molecule has 5 rings (SSSR count). The molecule has 0 aliphatic heterocycles. The van der Waals surface area contributed by atoms with E-state index in [0.29, 0.717) is 16.0 Å². The maximum Gasteiger partial charge on any atom is 0.251 e. The lowest BCUT2D eigenvalue weighted by atomic mass is 10.0. The van der Waals surface area contributed by atoms with E-state index < -0.39 is 0 Å². The summed E-state index contributed by atoms with van der Waals surface area (Å²) >= 11 is 6.81. The van der Waals surface area contributed by atoms with Gasteiger partial charge in [-0.2, -0.15) is 5.10 Å². The van der Waals surface area contributed by atoms with Crippen LogP contribution in [0.5, 0.6) is 5.75 Å². The summed E-state index contributed by atoms with van der Waals surface area (Å²) in [6, 6.07) is 31.9. The summed E-state index contributed by atoms with van der Waals surface area (Å²) < 4.78 is 3.02. The third-order valence-corrected chi connectivity index (χ3v) is 6.53. The van der Waals surface area contributed by atoms with Gasteiger partial charge in [0.25, 0.3) is 5.95 Å². The zero-order valence-corrected chi connectivity index (χ0v) is 22.1. The van der Waals surface area contributed by atoms with Gasteiger partial charge in [-0.05, 0) is 44.8 Å². The SMILES string of the molecule is Oc1c(Br)cc(Br)cc1/C=N/c1nc(-c2ccc(-c3ccccc3)cc2)cn1/N=C/c1ccccc1. The molecule has 0 saturated heterocycles. The molecule has 0 bridgehead atoms. The predicted molar refractivity (Wildman–Crippen MR) is 153 cm³/mol. The van der Waals surface area contributed by atoms with Crippen molar-refractivity contribution in [1.82, 2.24) is 9.66 Å². The first-order valence-corrected chi connectivity index (χ1v) is 12.7. The molecule has 1 N–H and O–H groups in total. The Hall–Kier alpha value is -3.81. The van der Waals surface area contributed by atoms with Crippen molar-refractivity contribution in [3.63, 3.8) is 0 Å². The second-order valence-corrected chi connectivity index (χ2v) is 9.72. The molecule has 0 aliphatic carbocycles. The molecule has 0 fully saturated rings. The quantitative estimate of drug-likeness (QED) is 0.201. The van der Waals surface area contributed by atoms with Gasteiger partial charge in [-0.25, -0.2) is 14.7 Å². The number of phenolic OH excluding ortho intramolecular Hbond substituents is 1. The molecule has 0 radical (unpaired) electrons. The summed E-state index contributed by atoms with van der Waals surface area (Å²) in [5.74, 6) is 0.490. The van der Waals surface area contributed by atoms with Gasteiger partial charge in [0.05, 0.1) is 22.6 Å². The number of benzene rings is 4. The van der Waals surface area contributed by atoms with E-state index in [2.05, 4.69) is 66.2 Å². The monoisotopic (exact) mass is 598 g/mol. The first-order valence-electron chi connectivity index (χ1n) is 11.1. The number of hydrogen-bond acceptors (Lipinski definition) is 4. The van der Waals surface area contributed by atoms with E-state index in [9.17, 15) is 5.11 Å². The average molecular weight is 600 g/mol. The van der Waals surface area contributed by atoms with Crippen LogP contribution in [-0.4, -0.2) is 27.2 Å². The second kappa shape index (κ2) is 10.8. The molecule has 5 aromatic rings. The van der Waals surface area contributed by atoms with Gasteiger partial charge in [-0.3, -0.25) is 0 Å². The summed E-state index contributed by atoms with van der Waals surface area (Å²) in [5, 5.41) is 15.0. The van der Waals surface area contributed by atoms with Crippen molar-refractivity contribution >= 4 is 50.2 Å². The molecule has 1 heterocycles. The lowest BCUT2D eigenvalue weighted by Gasteiger charge is -2.02. The highest BCUT2D eigenvalue weighted by Gasteiger charge is 2.11. The molecule has 7 heteroatoms. The van der Waals surface area contributed by atoms with Crippen LogP contribution in [0.3, 0.4) is 0 Å². The summed E-state index contributed by atoms with van der Waals surface area (Å²) in [6.45, 7) is 0. The van der Waals surface area contributed by atoms with Crippen molar-refractivity contribution in [3.05, 3.63) is 123 Å². The smallest absolute Gasteiger partial charge is 0.251 e. The molecule has 1 aromatic heterocycles. The van der Waals surface area contributed by atoms with Crippen molar-refractivity contribution in [2.24, 2.45) is 10.1 Å². The number of nitrogens with zero attached hydrogens (tertiary/aromatic N) is 4. The van der Waals surface area contributed by atoms with Crippen LogP contribution in [0, 0.1) is 0 Å². The number of hydrogen-bond donors (Lipinski definition) is 1. The van der Waals surface area contributed by atoms with Gasteiger partial charge in [0.2, 0.25) is 0 Å². The first kappa shape index (κ1) is 23.9. The molecule has 0 atom stereocenters. The van der Waals surface area contributed by atoms with E-state index in [1.165, 1.54) is 0 Å². The fraction of sp³-hybridized carbons (Fsp3) is 0. The fourth-order valence-electron chi connectivity index (χ4n) is 3.62. The van der Waals surface area contributed by atoms with Crippen molar-refractivity contribution in [2.45, 2.75) is 0 Å². The number of phenols is 1. The Labute approximate surface area is 225 Å². The average Bonchev–Trinajstić information content (AvgIpc) is 3.33. The number of aromatic hydroxyl groups is 1. The summed E-state index contributed by atoms with van der Waals surface area (Å²) in [4.78, 5) is 9.29. The van der Waals surface area contributed by atoms with Crippen LogP contribution in [0.15, 0.2) is 122 Å². The fourth-order valence-corrected chi connectivity index (χ4v) is 4.88. The number of aliphatic imine (C=N–C) groups is 1. The molecule has 0 amide bonds. The summed E-state index contributed by atoms with van der Waals surface area (Å²) in [6.07, 6.45) is 5.18. The highest BCUT2D eigenvalue weighted by atomic mass is 79.9. The van der Waals surface area contributed by atoms with Gasteiger partial charge in [0, 0.05) is 21.8 Å². The Balaban J connectivity index is 1.51. The molecule has 0 aliphatic rings. The summed E-state index contributed by atoms with van der Waals surface area (Å²) in [7, 11) is 0. The number of rotatable bonds is 6. The minimum Gasteiger partial charge on any atom is -0.506 e. The molecule has 0 unspecified atom stereocenters. The molecule has 4 aromatic carbocycles. The van der Waals surface area contributed by atoms with E-state index in [4.69, 9.17) is 4.98 Å². The van der Waals surface area contributed by atoms with Crippen molar-refractivity contribution in [3.8, 4) is 28.1 Å². The van der Waals surface area contributed by atoms with E-state index in [-0.39, 0.29) is 5.75 Å². The third kappa shape index (κ3) is 5.53.